The van der Waals surface area contributed by atoms with Crippen molar-refractivity contribution in [1.29, 1.82) is 0 Å². The van der Waals surface area contributed by atoms with E-state index in [1.807, 2.05) is 4.90 Å². The van der Waals surface area contributed by atoms with Crippen molar-refractivity contribution in [2.24, 2.45) is 0 Å². The Labute approximate surface area is 152 Å². The van der Waals surface area contributed by atoms with Gasteiger partial charge in [-0.3, -0.25) is 9.59 Å². The number of piperazine rings is 1. The van der Waals surface area contributed by atoms with E-state index in [0.717, 1.165) is 43.6 Å². The molecule has 0 unspecified atom stereocenters. The van der Waals surface area contributed by atoms with Crippen LogP contribution in [0.1, 0.15) is 28.9 Å². The van der Waals surface area contributed by atoms with Gasteiger partial charge in [0.2, 0.25) is 0 Å². The highest BCUT2D eigenvalue weighted by molar-refractivity contribution is 6.02. The Balaban J connectivity index is 1.85. The second-order valence-corrected chi connectivity index (χ2v) is 7.05. The highest BCUT2D eigenvalue weighted by atomic mass is 16.2. The molecule has 4 rings (SSSR count). The van der Waals surface area contributed by atoms with Crippen molar-refractivity contribution in [2.45, 2.75) is 25.8 Å². The summed E-state index contributed by atoms with van der Waals surface area (Å²) >= 11 is 0. The molecule has 0 radical (unpaired) electrons. The number of likely N-dealkylation sites (N-methyl/N-ethyl adjacent to an activating group) is 1. The van der Waals surface area contributed by atoms with E-state index in [4.69, 9.17) is 0 Å². The van der Waals surface area contributed by atoms with Gasteiger partial charge < -0.3 is 14.4 Å². The van der Waals surface area contributed by atoms with E-state index in [9.17, 15) is 9.59 Å². The molecule has 1 fully saturated rings. The van der Waals surface area contributed by atoms with Crippen LogP contribution in [-0.4, -0.2) is 63.5 Å². The largest absolute Gasteiger partial charge is 0.336 e. The number of amides is 1. The van der Waals surface area contributed by atoms with Gasteiger partial charge >= 0.3 is 0 Å². The number of aromatic nitrogens is 3. The fourth-order valence-corrected chi connectivity index (χ4v) is 3.84. The van der Waals surface area contributed by atoms with Gasteiger partial charge in [0.05, 0.1) is 5.56 Å². The Morgan fingerprint density at radius 1 is 1.04 bits per heavy atom. The molecule has 136 valence electrons. The molecular formula is C19H23N5O2. The Kier molecular flexibility index (Phi) is 4.55. The molecular weight excluding hydrogens is 330 g/mol. The van der Waals surface area contributed by atoms with Gasteiger partial charge in [0, 0.05) is 68.0 Å². The summed E-state index contributed by atoms with van der Waals surface area (Å²) in [6.45, 7) is 3.83. The molecule has 0 N–H and O–H groups in total. The van der Waals surface area contributed by atoms with Gasteiger partial charge in [-0.1, -0.05) is 0 Å². The van der Waals surface area contributed by atoms with Crippen molar-refractivity contribution in [3.8, 4) is 11.1 Å². The summed E-state index contributed by atoms with van der Waals surface area (Å²) < 4.78 is 1.78. The highest BCUT2D eigenvalue weighted by Gasteiger charge is 2.28. The fourth-order valence-electron chi connectivity index (χ4n) is 3.84. The van der Waals surface area contributed by atoms with Crippen molar-refractivity contribution in [3.63, 3.8) is 0 Å². The van der Waals surface area contributed by atoms with Crippen molar-refractivity contribution in [2.75, 3.05) is 33.2 Å². The number of carbonyl (C=O) groups excluding carboxylic acids is 1. The Hall–Kier alpha value is -2.54. The van der Waals surface area contributed by atoms with E-state index in [1.165, 1.54) is 6.33 Å². The van der Waals surface area contributed by atoms with Crippen molar-refractivity contribution in [1.82, 2.24) is 24.3 Å². The number of hydrogen-bond donors (Lipinski definition) is 0. The number of carbonyl (C=O) groups is 1. The van der Waals surface area contributed by atoms with Gasteiger partial charge in [-0.15, -0.1) is 0 Å². The van der Waals surface area contributed by atoms with Crippen LogP contribution >= 0.6 is 0 Å². The maximum absolute atomic E-state index is 13.4. The molecule has 7 nitrogen and oxygen atoms in total. The van der Waals surface area contributed by atoms with Crippen LogP contribution in [0.3, 0.4) is 0 Å². The molecule has 0 saturated carbocycles. The maximum atomic E-state index is 13.4. The summed E-state index contributed by atoms with van der Waals surface area (Å²) in [6.07, 6.45) is 7.52. The third-order valence-corrected chi connectivity index (χ3v) is 5.34. The van der Waals surface area contributed by atoms with E-state index in [-0.39, 0.29) is 11.5 Å². The SMILES string of the molecule is CN1CCN(C(=O)c2c(-c3cncnc3)cc(=O)n3c2CCCC3)CC1. The molecule has 2 aliphatic rings. The van der Waals surface area contributed by atoms with Crippen LogP contribution in [0.25, 0.3) is 11.1 Å². The lowest BCUT2D eigenvalue weighted by molar-refractivity contribution is 0.0662. The quantitative estimate of drug-likeness (QED) is 0.806. The summed E-state index contributed by atoms with van der Waals surface area (Å²) in [5, 5.41) is 0. The summed E-state index contributed by atoms with van der Waals surface area (Å²) in [6, 6.07) is 1.58. The first-order valence-electron chi connectivity index (χ1n) is 9.15. The topological polar surface area (TPSA) is 71.3 Å². The summed E-state index contributed by atoms with van der Waals surface area (Å²) in [4.78, 5) is 38.4. The maximum Gasteiger partial charge on any atom is 0.256 e. The van der Waals surface area contributed by atoms with E-state index in [2.05, 4.69) is 21.9 Å². The minimum atomic E-state index is -0.0477. The molecule has 0 spiro atoms. The second-order valence-electron chi connectivity index (χ2n) is 7.05. The van der Waals surface area contributed by atoms with E-state index >= 15 is 0 Å². The second kappa shape index (κ2) is 6.99. The van der Waals surface area contributed by atoms with Gasteiger partial charge in [-0.05, 0) is 26.3 Å². The van der Waals surface area contributed by atoms with Crippen LogP contribution in [0.4, 0.5) is 0 Å². The molecule has 2 aromatic rings. The zero-order valence-electron chi connectivity index (χ0n) is 15.0. The van der Waals surface area contributed by atoms with Crippen LogP contribution in [0.5, 0.6) is 0 Å². The van der Waals surface area contributed by atoms with Gasteiger partial charge in [0.25, 0.3) is 11.5 Å². The van der Waals surface area contributed by atoms with Crippen LogP contribution in [0.15, 0.2) is 29.6 Å². The van der Waals surface area contributed by atoms with E-state index < -0.39 is 0 Å². The molecule has 0 bridgehead atoms. The zero-order chi connectivity index (χ0) is 18.1. The van der Waals surface area contributed by atoms with Crippen LogP contribution < -0.4 is 5.56 Å². The summed E-state index contributed by atoms with van der Waals surface area (Å²) in [5.41, 5.74) is 2.85. The van der Waals surface area contributed by atoms with E-state index in [1.54, 1.807) is 23.0 Å². The van der Waals surface area contributed by atoms with Gasteiger partial charge in [0.15, 0.2) is 0 Å². The van der Waals surface area contributed by atoms with E-state index in [0.29, 0.717) is 30.8 Å². The first kappa shape index (κ1) is 16.9. The summed E-state index contributed by atoms with van der Waals surface area (Å²) in [5.74, 6) is 0.0163. The average Bonchev–Trinajstić information content (AvgIpc) is 2.69. The Morgan fingerprint density at radius 2 is 1.77 bits per heavy atom. The van der Waals surface area contributed by atoms with Crippen LogP contribution in [-0.2, 0) is 13.0 Å². The highest BCUT2D eigenvalue weighted by Crippen LogP contribution is 2.28. The molecule has 2 aromatic heterocycles. The van der Waals surface area contributed by atoms with Gasteiger partial charge in [-0.2, -0.15) is 0 Å². The number of rotatable bonds is 2. The molecule has 0 atom stereocenters. The van der Waals surface area contributed by atoms with Gasteiger partial charge in [-0.25, -0.2) is 9.97 Å². The van der Waals surface area contributed by atoms with Crippen molar-refractivity contribution in [3.05, 3.63) is 46.4 Å². The minimum Gasteiger partial charge on any atom is -0.336 e. The lowest BCUT2D eigenvalue weighted by atomic mass is 9.94. The Morgan fingerprint density at radius 3 is 2.50 bits per heavy atom. The normalized spacial score (nSPS) is 17.8. The third-order valence-electron chi connectivity index (χ3n) is 5.34. The number of pyridine rings is 1. The van der Waals surface area contributed by atoms with Crippen LogP contribution in [0.2, 0.25) is 0 Å². The molecule has 1 saturated heterocycles. The molecule has 0 aliphatic carbocycles. The molecule has 7 heteroatoms. The monoisotopic (exact) mass is 353 g/mol. The Bertz CT molecular complexity index is 869. The molecule has 2 aliphatic heterocycles. The first-order valence-corrected chi connectivity index (χ1v) is 9.15. The van der Waals surface area contributed by atoms with Crippen molar-refractivity contribution >= 4 is 5.91 Å². The smallest absolute Gasteiger partial charge is 0.256 e. The van der Waals surface area contributed by atoms with Crippen LogP contribution in [0, 0.1) is 0 Å². The first-order chi connectivity index (χ1) is 12.6. The predicted molar refractivity (Wildman–Crippen MR) is 98.1 cm³/mol. The van der Waals surface area contributed by atoms with Crippen molar-refractivity contribution < 1.29 is 4.79 Å². The predicted octanol–water partition coefficient (Wildman–Crippen LogP) is 1.03. The molecule has 0 aromatic carbocycles. The summed E-state index contributed by atoms with van der Waals surface area (Å²) in [7, 11) is 2.07. The molecule has 1 amide bonds. The molecule has 26 heavy (non-hydrogen) atoms. The number of fused-ring (bicyclic) bond motifs is 1. The number of hydrogen-bond acceptors (Lipinski definition) is 5. The van der Waals surface area contributed by atoms with Gasteiger partial charge in [0.1, 0.15) is 6.33 Å². The fraction of sp³-hybridized carbons (Fsp3) is 0.474. The number of nitrogens with zero attached hydrogens (tertiary/aromatic N) is 5. The molecule has 4 heterocycles. The zero-order valence-corrected chi connectivity index (χ0v) is 15.0. The lowest BCUT2D eigenvalue weighted by Gasteiger charge is -2.34. The standard InChI is InChI=1S/C19H23N5O2/c1-22-6-8-23(9-7-22)19(26)18-15(14-11-20-13-21-12-14)10-17(25)24-5-3-2-4-16(18)24/h10-13H,2-9H2,1H3. The lowest BCUT2D eigenvalue weighted by Crippen LogP contribution is -2.48. The third kappa shape index (κ3) is 3.03. The average molecular weight is 353 g/mol. The minimum absolute atomic E-state index is 0.0163.